The number of aliphatic imine (C=N–C) groups is 1. The van der Waals surface area contributed by atoms with Crippen LogP contribution in [0.3, 0.4) is 0 Å². The number of carbonyl (C=O) groups excluding carboxylic acids is 2. The largest absolute Gasteiger partial charge is 0.495 e. The molecule has 186 valence electrons. The Morgan fingerprint density at radius 3 is 2.69 bits per heavy atom. The Balaban J connectivity index is 1.41. The highest BCUT2D eigenvalue weighted by molar-refractivity contribution is 8.27. The van der Waals surface area contributed by atoms with Crippen molar-refractivity contribution in [3.63, 3.8) is 0 Å². The first-order valence-corrected chi connectivity index (χ1v) is 12.8. The van der Waals surface area contributed by atoms with Gasteiger partial charge in [0.05, 0.1) is 24.1 Å². The predicted octanol–water partition coefficient (Wildman–Crippen LogP) is 4.39. The van der Waals surface area contributed by atoms with E-state index in [1.54, 1.807) is 19.3 Å². The summed E-state index contributed by atoms with van der Waals surface area (Å²) in [6.45, 7) is 5.44. The van der Waals surface area contributed by atoms with Crippen molar-refractivity contribution in [3.05, 3.63) is 51.8 Å². The number of amides is 2. The van der Waals surface area contributed by atoms with Crippen molar-refractivity contribution in [3.8, 4) is 11.4 Å². The molecular weight excluding hydrogens is 500 g/mol. The number of amidine groups is 2. The molecule has 3 aliphatic heterocycles. The number of benzene rings is 1. The second kappa shape index (κ2) is 9.59. The van der Waals surface area contributed by atoms with Crippen molar-refractivity contribution < 1.29 is 14.3 Å². The van der Waals surface area contributed by atoms with Crippen LogP contribution in [0.4, 0.5) is 0 Å². The average Bonchev–Trinajstić information content (AvgIpc) is 3.57. The highest BCUT2D eigenvalue weighted by Crippen LogP contribution is 2.32. The van der Waals surface area contributed by atoms with Gasteiger partial charge in [-0.25, -0.2) is 0 Å². The minimum absolute atomic E-state index is 0.0129. The quantitative estimate of drug-likeness (QED) is 0.584. The molecule has 1 N–H and O–H groups in total. The fourth-order valence-electron chi connectivity index (χ4n) is 4.59. The van der Waals surface area contributed by atoms with Gasteiger partial charge in [-0.15, -0.1) is 0 Å². The number of thioether (sulfide) groups is 1. The topological polar surface area (TPSA) is 103 Å². The molecule has 0 unspecified atom stereocenters. The zero-order chi connectivity index (χ0) is 25.6. The first kappa shape index (κ1) is 24.3. The van der Waals surface area contributed by atoms with Crippen molar-refractivity contribution >= 4 is 57.3 Å². The first-order valence-electron chi connectivity index (χ1n) is 11.6. The van der Waals surface area contributed by atoms with Gasteiger partial charge in [0.2, 0.25) is 11.1 Å². The van der Waals surface area contributed by atoms with Gasteiger partial charge in [0.1, 0.15) is 10.8 Å². The Labute approximate surface area is 218 Å². The Morgan fingerprint density at radius 1 is 1.25 bits per heavy atom. The molecule has 0 radical (unpaired) electrons. The van der Waals surface area contributed by atoms with Crippen LogP contribution in [-0.4, -0.2) is 62.5 Å². The lowest BCUT2D eigenvalue weighted by Gasteiger charge is -2.20. The van der Waals surface area contributed by atoms with Crippen LogP contribution in [0.25, 0.3) is 11.8 Å². The molecule has 1 aromatic carbocycles. The molecule has 2 amide bonds. The maximum absolute atomic E-state index is 12.9. The molecule has 0 spiro atoms. The third kappa shape index (κ3) is 4.35. The average molecular weight is 525 g/mol. The summed E-state index contributed by atoms with van der Waals surface area (Å²) in [4.78, 5) is 31.4. The standard InChI is InChI=1S/C25H25ClN6O3S/c1-14-10-16(15(2)31(14)17-6-7-20(35-3)19(26)12-17)11-18-23(27)32-25(28-24(18)34)36-21(29-32)13-22(33)30-8-4-5-9-30/h6-7,10-12,27H,4-5,8-9,13H2,1-3H3. The van der Waals surface area contributed by atoms with E-state index in [2.05, 4.69) is 10.1 Å². The molecule has 5 rings (SSSR count). The lowest BCUT2D eigenvalue weighted by atomic mass is 10.1. The minimum atomic E-state index is -0.502. The molecule has 3 aliphatic rings. The second-order valence-corrected chi connectivity index (χ2v) is 10.2. The van der Waals surface area contributed by atoms with Crippen molar-refractivity contribution in [1.82, 2.24) is 14.5 Å². The summed E-state index contributed by atoms with van der Waals surface area (Å²) >= 11 is 7.51. The molecule has 36 heavy (non-hydrogen) atoms. The highest BCUT2D eigenvalue weighted by atomic mass is 35.5. The van der Waals surface area contributed by atoms with Gasteiger partial charge in [0.25, 0.3) is 5.91 Å². The van der Waals surface area contributed by atoms with Crippen molar-refractivity contribution in [2.24, 2.45) is 10.1 Å². The van der Waals surface area contributed by atoms with Gasteiger partial charge >= 0.3 is 0 Å². The van der Waals surface area contributed by atoms with E-state index in [4.69, 9.17) is 21.7 Å². The van der Waals surface area contributed by atoms with Crippen LogP contribution in [-0.2, 0) is 9.59 Å². The molecule has 2 aromatic rings. The second-order valence-electron chi connectivity index (χ2n) is 8.76. The number of hydrazone groups is 1. The Hall–Kier alpha value is -3.37. The summed E-state index contributed by atoms with van der Waals surface area (Å²) in [6, 6.07) is 7.48. The van der Waals surface area contributed by atoms with Crippen LogP contribution in [0, 0.1) is 19.3 Å². The summed E-state index contributed by atoms with van der Waals surface area (Å²) in [5.74, 6) is 0.0429. The molecule has 1 saturated heterocycles. The number of nitrogens with zero attached hydrogens (tertiary/aromatic N) is 5. The minimum Gasteiger partial charge on any atom is -0.495 e. The van der Waals surface area contributed by atoms with E-state index in [9.17, 15) is 9.59 Å². The summed E-state index contributed by atoms with van der Waals surface area (Å²) in [7, 11) is 1.57. The number of carbonyl (C=O) groups is 2. The molecule has 0 bridgehead atoms. The zero-order valence-electron chi connectivity index (χ0n) is 20.2. The number of hydrogen-bond donors (Lipinski definition) is 1. The van der Waals surface area contributed by atoms with Gasteiger partial charge in [0, 0.05) is 30.2 Å². The van der Waals surface area contributed by atoms with Crippen LogP contribution in [0.2, 0.25) is 5.02 Å². The lowest BCUT2D eigenvalue weighted by Crippen LogP contribution is -2.35. The van der Waals surface area contributed by atoms with E-state index in [-0.39, 0.29) is 23.7 Å². The predicted molar refractivity (Wildman–Crippen MR) is 142 cm³/mol. The van der Waals surface area contributed by atoms with Crippen LogP contribution >= 0.6 is 23.4 Å². The van der Waals surface area contributed by atoms with E-state index in [0.717, 1.165) is 48.6 Å². The molecular formula is C25H25ClN6O3S. The number of nitrogens with one attached hydrogen (secondary N) is 1. The molecule has 4 heterocycles. The summed E-state index contributed by atoms with van der Waals surface area (Å²) < 4.78 is 7.28. The van der Waals surface area contributed by atoms with E-state index < -0.39 is 5.91 Å². The smallest absolute Gasteiger partial charge is 0.283 e. The van der Waals surface area contributed by atoms with Crippen LogP contribution in [0.15, 0.2) is 39.9 Å². The van der Waals surface area contributed by atoms with Crippen LogP contribution in [0.5, 0.6) is 5.75 Å². The SMILES string of the molecule is COc1ccc(-n2c(C)cc(C=C3C(=N)N4N=C(CC(=O)N5CCCC5)SC4=NC3=O)c2C)cc1Cl. The molecule has 1 fully saturated rings. The van der Waals surface area contributed by atoms with Gasteiger partial charge < -0.3 is 14.2 Å². The van der Waals surface area contributed by atoms with E-state index in [1.165, 1.54) is 16.8 Å². The number of hydrogen-bond acceptors (Lipinski definition) is 6. The highest BCUT2D eigenvalue weighted by Gasteiger charge is 2.36. The Kier molecular flexibility index (Phi) is 6.48. The number of likely N-dealkylation sites (tertiary alicyclic amines) is 1. The third-order valence-electron chi connectivity index (χ3n) is 6.42. The zero-order valence-corrected chi connectivity index (χ0v) is 21.7. The van der Waals surface area contributed by atoms with Crippen molar-refractivity contribution in [2.75, 3.05) is 20.2 Å². The number of ether oxygens (including phenoxy) is 1. The van der Waals surface area contributed by atoms with Crippen molar-refractivity contribution in [2.45, 2.75) is 33.1 Å². The number of rotatable bonds is 5. The molecule has 0 atom stereocenters. The van der Waals surface area contributed by atoms with Gasteiger partial charge in [-0.05, 0) is 74.4 Å². The fraction of sp³-hybridized carbons (Fsp3) is 0.320. The molecule has 1 aromatic heterocycles. The number of aryl methyl sites for hydroxylation is 1. The number of aromatic nitrogens is 1. The monoisotopic (exact) mass is 524 g/mol. The van der Waals surface area contributed by atoms with Gasteiger partial charge in [-0.3, -0.25) is 15.0 Å². The van der Waals surface area contributed by atoms with Gasteiger partial charge in [0.15, 0.2) is 5.84 Å². The van der Waals surface area contributed by atoms with Gasteiger partial charge in [-0.1, -0.05) is 11.6 Å². The third-order valence-corrected chi connectivity index (χ3v) is 7.63. The lowest BCUT2D eigenvalue weighted by molar-refractivity contribution is -0.128. The molecule has 0 aliphatic carbocycles. The van der Waals surface area contributed by atoms with Crippen molar-refractivity contribution in [1.29, 1.82) is 5.41 Å². The van der Waals surface area contributed by atoms with E-state index in [0.29, 0.717) is 21.0 Å². The van der Waals surface area contributed by atoms with Crippen LogP contribution in [0.1, 0.15) is 36.2 Å². The van der Waals surface area contributed by atoms with Crippen LogP contribution < -0.4 is 4.74 Å². The fourth-order valence-corrected chi connectivity index (χ4v) is 5.72. The normalized spacial score (nSPS) is 18.6. The molecule has 9 nitrogen and oxygen atoms in total. The summed E-state index contributed by atoms with van der Waals surface area (Å²) in [5, 5.41) is 15.8. The maximum atomic E-state index is 12.9. The maximum Gasteiger partial charge on any atom is 0.283 e. The molecule has 11 heteroatoms. The number of methoxy groups -OCH3 is 1. The summed E-state index contributed by atoms with van der Waals surface area (Å²) in [6.07, 6.45) is 3.85. The van der Waals surface area contributed by atoms with E-state index >= 15 is 0 Å². The summed E-state index contributed by atoms with van der Waals surface area (Å²) in [5.41, 5.74) is 3.61. The molecule has 0 saturated carbocycles. The van der Waals surface area contributed by atoms with E-state index in [1.807, 2.05) is 41.5 Å². The first-order chi connectivity index (χ1) is 17.3. The Bertz CT molecular complexity index is 1390. The number of fused-ring (bicyclic) bond motifs is 1. The number of halogens is 1. The Morgan fingerprint density at radius 2 is 2.00 bits per heavy atom. The van der Waals surface area contributed by atoms with Gasteiger partial charge in [-0.2, -0.15) is 15.1 Å².